The van der Waals surface area contributed by atoms with Crippen LogP contribution in [-0.2, 0) is 69.1 Å². The summed E-state index contributed by atoms with van der Waals surface area (Å²) >= 11 is 0. The lowest BCUT2D eigenvalue weighted by Crippen LogP contribution is -2.54. The number of amides is 12. The van der Waals surface area contributed by atoms with Crippen LogP contribution in [0.3, 0.4) is 0 Å². The smallest absolute Gasteiger partial charge is 0.410 e. The highest BCUT2D eigenvalue weighted by molar-refractivity contribution is 6.28. The number of nitrogens with one attached hydrogen (secondary N) is 7. The second-order valence-corrected chi connectivity index (χ2v) is 22.3. The van der Waals surface area contributed by atoms with Crippen molar-refractivity contribution < 1.29 is 62.3 Å². The summed E-state index contributed by atoms with van der Waals surface area (Å²) in [7, 11) is 0. The number of anilines is 3. The van der Waals surface area contributed by atoms with Crippen LogP contribution in [0, 0.1) is 5.92 Å². The number of aromatic nitrogens is 1. The van der Waals surface area contributed by atoms with Crippen LogP contribution < -0.4 is 53.6 Å². The number of amidine groups is 1. The van der Waals surface area contributed by atoms with Gasteiger partial charge in [-0.1, -0.05) is 52.0 Å². The van der Waals surface area contributed by atoms with Crippen molar-refractivity contribution in [1.29, 1.82) is 0 Å². The maximum absolute atomic E-state index is 14.0. The summed E-state index contributed by atoms with van der Waals surface area (Å²) in [6.45, 7) is 9.62. The SMILES string of the molecule is CCCN(CCC)C(=O)C1=Cc2ccc(C(=O)Nc3cnc4c(c3)CN(C(=O)OCc3ccc(NC(=O)[C@H](CCCNC(N)=O)NC(=O)[C@@H](NC(=O)CCc5ccc(N6C(=O)C=CC6=O)cc5C(=O)NCC(=O)NCC(C)=O)C(C)C)cc3)CC4)cc2N=C(N)C1. The van der Waals surface area contributed by atoms with Crippen LogP contribution in [0.5, 0.6) is 0 Å². The number of pyridine rings is 1. The van der Waals surface area contributed by atoms with Gasteiger partial charge in [-0.2, -0.15) is 0 Å². The van der Waals surface area contributed by atoms with Gasteiger partial charge in [0, 0.05) is 91.2 Å². The molecule has 27 heteroatoms. The molecule has 0 saturated heterocycles. The molecule has 0 unspecified atom stereocenters. The van der Waals surface area contributed by atoms with E-state index in [1.54, 1.807) is 74.7 Å². The number of carbonyl (C=O) groups is 12. The van der Waals surface area contributed by atoms with Gasteiger partial charge < -0.3 is 63.2 Å². The average molecular weight is 1250 g/mol. The monoisotopic (exact) mass is 1250 g/mol. The summed E-state index contributed by atoms with van der Waals surface area (Å²) in [4.78, 5) is 169. The molecule has 2 atom stereocenters. The van der Waals surface area contributed by atoms with Gasteiger partial charge in [-0.15, -0.1) is 0 Å². The number of primary amides is 1. The molecule has 7 rings (SSSR count). The highest BCUT2D eigenvalue weighted by atomic mass is 16.6. The molecule has 0 saturated carbocycles. The number of carbonyl (C=O) groups excluding carboxylic acids is 12. The first-order chi connectivity index (χ1) is 43.5. The lowest BCUT2D eigenvalue weighted by atomic mass is 9.99. The molecule has 0 fully saturated rings. The van der Waals surface area contributed by atoms with E-state index in [9.17, 15) is 57.5 Å². The Hall–Kier alpha value is -10.6. The molecular weight excluding hydrogens is 1170 g/mol. The Labute approximate surface area is 525 Å². The molecule has 4 heterocycles. The number of Topliss-reactive ketones (excluding diaryl/α,β-unsaturated/α-hetero) is 1. The second-order valence-electron chi connectivity index (χ2n) is 22.3. The molecule has 480 valence electrons. The van der Waals surface area contributed by atoms with E-state index >= 15 is 0 Å². The van der Waals surface area contributed by atoms with Crippen molar-refractivity contribution in [3.05, 3.63) is 130 Å². The number of ketones is 1. The lowest BCUT2D eigenvalue weighted by Gasteiger charge is -2.28. The van der Waals surface area contributed by atoms with E-state index in [1.807, 2.05) is 18.7 Å². The van der Waals surface area contributed by atoms with Gasteiger partial charge in [0.25, 0.3) is 23.6 Å². The number of urea groups is 1. The predicted molar refractivity (Wildman–Crippen MR) is 337 cm³/mol. The highest BCUT2D eigenvalue weighted by Crippen LogP contribution is 2.30. The van der Waals surface area contributed by atoms with Gasteiger partial charge in [-0.25, -0.2) is 19.5 Å². The fourth-order valence-electron chi connectivity index (χ4n) is 10.1. The molecule has 0 aliphatic carbocycles. The molecule has 3 aliphatic rings. The number of hydrogen-bond acceptors (Lipinski definition) is 16. The normalized spacial score (nSPS) is 13.9. The van der Waals surface area contributed by atoms with Crippen LogP contribution in [-0.4, -0.2) is 143 Å². The van der Waals surface area contributed by atoms with Crippen molar-refractivity contribution >= 4 is 106 Å². The van der Waals surface area contributed by atoms with Crippen LogP contribution in [0.2, 0.25) is 0 Å². The molecule has 0 radical (unpaired) electrons. The highest BCUT2D eigenvalue weighted by Gasteiger charge is 2.31. The Morgan fingerprint density at radius 2 is 1.51 bits per heavy atom. The molecule has 27 nitrogen and oxygen atoms in total. The minimum atomic E-state index is -1.18. The Morgan fingerprint density at radius 3 is 2.19 bits per heavy atom. The van der Waals surface area contributed by atoms with Gasteiger partial charge in [0.1, 0.15) is 30.3 Å². The number of rotatable bonds is 28. The van der Waals surface area contributed by atoms with E-state index in [1.165, 1.54) is 30.0 Å². The van der Waals surface area contributed by atoms with Crippen molar-refractivity contribution in [2.75, 3.05) is 54.8 Å². The second kappa shape index (κ2) is 32.0. The average Bonchev–Trinajstić information content (AvgIpc) is 2.01. The number of imide groups is 1. The lowest BCUT2D eigenvalue weighted by molar-refractivity contribution is -0.132. The topological polar surface area (TPSA) is 385 Å². The zero-order valence-electron chi connectivity index (χ0n) is 51.4. The van der Waals surface area contributed by atoms with Crippen LogP contribution in [0.4, 0.5) is 32.3 Å². The zero-order valence-corrected chi connectivity index (χ0v) is 51.4. The van der Waals surface area contributed by atoms with E-state index in [0.29, 0.717) is 76.5 Å². The van der Waals surface area contributed by atoms with Crippen molar-refractivity contribution in [2.24, 2.45) is 22.4 Å². The number of fused-ring (bicyclic) bond motifs is 2. The van der Waals surface area contributed by atoms with Gasteiger partial charge in [0.15, 0.2) is 0 Å². The van der Waals surface area contributed by atoms with Crippen LogP contribution in [0.1, 0.15) is 122 Å². The number of aliphatic imine (C=N–C) groups is 1. The van der Waals surface area contributed by atoms with Gasteiger partial charge in [0.2, 0.25) is 29.5 Å². The number of ether oxygens (including phenoxy) is 1. The van der Waals surface area contributed by atoms with E-state index < -0.39 is 83.9 Å². The largest absolute Gasteiger partial charge is 0.445 e. The van der Waals surface area contributed by atoms with Gasteiger partial charge in [-0.05, 0) is 110 Å². The summed E-state index contributed by atoms with van der Waals surface area (Å²) in [5.41, 5.74) is 16.6. The van der Waals surface area contributed by atoms with E-state index in [0.717, 1.165) is 35.6 Å². The van der Waals surface area contributed by atoms with Gasteiger partial charge in [-0.3, -0.25) is 52.9 Å². The number of hydrogen-bond donors (Lipinski definition) is 9. The first-order valence-corrected chi connectivity index (χ1v) is 29.9. The Morgan fingerprint density at radius 1 is 0.780 bits per heavy atom. The van der Waals surface area contributed by atoms with E-state index in [-0.39, 0.29) is 87.1 Å². The molecule has 3 aliphatic heterocycles. The molecule has 11 N–H and O–H groups in total. The third-order valence-corrected chi connectivity index (χ3v) is 14.8. The van der Waals surface area contributed by atoms with E-state index in [4.69, 9.17) is 16.2 Å². The van der Waals surface area contributed by atoms with Crippen LogP contribution in [0.15, 0.2) is 95.6 Å². The number of aryl methyl sites for hydroxylation is 1. The predicted octanol–water partition coefficient (Wildman–Crippen LogP) is 3.96. The summed E-state index contributed by atoms with van der Waals surface area (Å²) in [5, 5.41) is 18.4. The molecule has 1 aromatic heterocycles. The molecule has 4 aromatic rings. The number of nitrogens with zero attached hydrogens (tertiary/aromatic N) is 5. The van der Waals surface area contributed by atoms with Crippen molar-refractivity contribution in [3.63, 3.8) is 0 Å². The summed E-state index contributed by atoms with van der Waals surface area (Å²) in [5.74, 6) is -5.72. The van der Waals surface area contributed by atoms with Crippen molar-refractivity contribution in [3.8, 4) is 0 Å². The van der Waals surface area contributed by atoms with E-state index in [2.05, 4.69) is 47.2 Å². The zero-order chi connectivity index (χ0) is 65.9. The third-order valence-electron chi connectivity index (χ3n) is 14.8. The fourth-order valence-corrected chi connectivity index (χ4v) is 10.1. The Kier molecular flexibility index (Phi) is 23.9. The van der Waals surface area contributed by atoms with Crippen LogP contribution in [0.25, 0.3) is 6.08 Å². The minimum Gasteiger partial charge on any atom is -0.445 e. The summed E-state index contributed by atoms with van der Waals surface area (Å²) in [6, 6.07) is 14.2. The minimum absolute atomic E-state index is 0.0330. The Bertz CT molecular complexity index is 3560. The molecule has 0 bridgehead atoms. The number of benzene rings is 3. The Balaban J connectivity index is 0.925. The summed E-state index contributed by atoms with van der Waals surface area (Å²) in [6.07, 6.45) is 7.04. The molecule has 91 heavy (non-hydrogen) atoms. The number of nitrogens with two attached hydrogens (primary N) is 2. The maximum atomic E-state index is 14.0. The maximum Gasteiger partial charge on any atom is 0.410 e. The standard InChI is InChI=1S/C64H76N14O13/c1-6-24-76(25-7-2)62(88)43-27-41-12-13-42(29-51(41)73-52(65)30-43)58(84)72-46-28-44-35-77(26-22-49(44)68-33-46)64(90)91-36-39-10-16-45(17-11-39)71-60(86)50(9-8-23-67-63(66)89)74-61(87)57(37(3)4)75-53(80)19-15-40-14-18-47(78-55(82)20-21-56(78)83)31-48(40)59(85)70-34-54(81)69-32-38(5)79/h10-14,16-18,20-21,27-29,31,33,37,50,57H,6-9,15,19,22-26,30,32,34-36H2,1-5H3,(H2,65,73)(H,69,81)(H,70,85)(H,71,86)(H,72,84)(H,74,87)(H,75,80)(H3,66,67,89)/t50-,57-/m0/s1. The molecule has 0 spiro atoms. The first kappa shape index (κ1) is 67.9. The molecule has 3 aromatic carbocycles. The summed E-state index contributed by atoms with van der Waals surface area (Å²) < 4.78 is 5.69. The quantitative estimate of drug-likeness (QED) is 0.0287. The molecule has 12 amide bonds. The van der Waals surface area contributed by atoms with Crippen molar-refractivity contribution in [2.45, 2.75) is 111 Å². The van der Waals surface area contributed by atoms with Crippen LogP contribution >= 0.6 is 0 Å². The molecular formula is C64H76N14O13. The first-order valence-electron chi connectivity index (χ1n) is 29.9. The van der Waals surface area contributed by atoms with Crippen molar-refractivity contribution in [1.82, 2.24) is 41.4 Å². The van der Waals surface area contributed by atoms with Gasteiger partial charge in [0.05, 0.1) is 42.9 Å². The fraction of sp³-hybridized carbons (Fsp3) is 0.375. The van der Waals surface area contributed by atoms with Gasteiger partial charge >= 0.3 is 12.1 Å². The third kappa shape index (κ3) is 19.2.